The summed E-state index contributed by atoms with van der Waals surface area (Å²) in [5, 5.41) is 0. The Morgan fingerprint density at radius 3 is 1.75 bits per heavy atom. The predicted octanol–water partition coefficient (Wildman–Crippen LogP) is 0.193. The molecule has 3 heteroatoms. The van der Waals surface area contributed by atoms with Gasteiger partial charge < -0.3 is 10.5 Å². The van der Waals surface area contributed by atoms with Gasteiger partial charge in [-0.1, -0.05) is 0 Å². The molecule has 0 atom stereocenters. The molecule has 28 valence electrons. The van der Waals surface area contributed by atoms with Gasteiger partial charge in [0, 0.05) is 6.41 Å². The molecule has 0 heterocycles. The van der Waals surface area contributed by atoms with Gasteiger partial charge in [-0.2, -0.15) is 0 Å². The summed E-state index contributed by atoms with van der Waals surface area (Å²) in [5.74, 6) is 0. The summed E-state index contributed by atoms with van der Waals surface area (Å²) in [7, 11) is 0. The molecule has 1 N–H and O–H groups in total. The van der Waals surface area contributed by atoms with Crippen molar-refractivity contribution in [3.05, 3.63) is 5.73 Å². The van der Waals surface area contributed by atoms with Gasteiger partial charge in [-0.3, -0.25) is 0 Å². The summed E-state index contributed by atoms with van der Waals surface area (Å²) in [6.45, 7) is 0. The van der Waals surface area contributed by atoms with Gasteiger partial charge in [-0.25, -0.2) is 0 Å². The fraction of sp³-hybridized carbons (Fsp3) is 0. The first kappa shape index (κ1) is 8.88. The third-order valence-electron chi connectivity index (χ3n) is 0. The Kier molecular flexibility index (Phi) is 23.8. The Morgan fingerprint density at radius 1 is 1.75 bits per heavy atom. The van der Waals surface area contributed by atoms with Gasteiger partial charge in [0.2, 0.25) is 0 Å². The molecule has 0 aliphatic carbocycles. The van der Waals surface area contributed by atoms with Gasteiger partial charge in [-0.15, -0.1) is 0 Å². The molecule has 0 radical (unpaired) electrons. The first-order chi connectivity index (χ1) is 1.41. The fourth-order valence-electron chi connectivity index (χ4n) is 0. The summed E-state index contributed by atoms with van der Waals surface area (Å²) < 4.78 is 0. The summed E-state index contributed by atoms with van der Waals surface area (Å²) in [6, 6.07) is 0. The number of hydrogen-bond donors (Lipinski definition) is 0. The van der Waals surface area contributed by atoms with Crippen LogP contribution in [-0.2, 0) is 27.2 Å². The van der Waals surface area contributed by atoms with E-state index in [4.69, 9.17) is 10.5 Å². The second kappa shape index (κ2) is 10.7. The first-order valence-corrected chi connectivity index (χ1v) is 0.524. The zero-order valence-corrected chi connectivity index (χ0v) is 3.95. The summed E-state index contributed by atoms with van der Waals surface area (Å²) in [6.07, 6.45) is 0. The smallest absolute Gasteiger partial charge is 0.671 e. The van der Waals surface area contributed by atoms with E-state index in [-0.39, 0.29) is 28.8 Å². The van der Waals surface area contributed by atoms with Gasteiger partial charge >= 0.3 is 22.4 Å². The Hall–Kier alpha value is 0.210. The van der Waals surface area contributed by atoms with Crippen molar-refractivity contribution in [2.45, 2.75) is 0 Å². The number of hydrogen-bond acceptors (Lipinski definition) is 1. The van der Waals surface area contributed by atoms with Crippen molar-refractivity contribution in [2.75, 3.05) is 0 Å². The molecule has 1 amide bonds. The van der Waals surface area contributed by atoms with Crippen LogP contribution in [0.3, 0.4) is 0 Å². The Balaban J connectivity index is 0. The normalized spacial score (nSPS) is 3.00. The van der Waals surface area contributed by atoms with E-state index in [1.807, 2.05) is 0 Å². The summed E-state index contributed by atoms with van der Waals surface area (Å²) in [5.41, 5.74) is 5.53. The molecule has 0 fully saturated rings. The van der Waals surface area contributed by atoms with E-state index in [0.29, 0.717) is 0 Å². The quantitative estimate of drug-likeness (QED) is 0.441. The van der Waals surface area contributed by atoms with Crippen LogP contribution in [0.25, 0.3) is 5.73 Å². The molecule has 0 rings (SSSR count). The monoisotopic (exact) mass is 241 g/mol. The number of amides is 1. The third kappa shape index (κ3) is 73.2. The van der Waals surface area contributed by atoms with Crippen molar-refractivity contribution in [1.29, 1.82) is 0 Å². The van der Waals surface area contributed by atoms with Crippen LogP contribution in [-0.4, -0.2) is 6.41 Å². The summed E-state index contributed by atoms with van der Waals surface area (Å²) >= 11 is 0. The van der Waals surface area contributed by atoms with Crippen LogP contribution in [0.4, 0.5) is 0 Å². The molecule has 0 saturated carbocycles. The fourth-order valence-corrected chi connectivity index (χ4v) is 0. The molecule has 4 heavy (non-hydrogen) atoms. The van der Waals surface area contributed by atoms with E-state index >= 15 is 0 Å². The Morgan fingerprint density at radius 2 is 1.75 bits per heavy atom. The van der Waals surface area contributed by atoms with Gasteiger partial charge in [0.15, 0.2) is 0 Å². The maximum absolute atomic E-state index is 8.47. The standard InChI is InChI=1S/CH3NO.Au/c2-1-3;/h1H,(H2,2,3);/q;+1/p-1. The van der Waals surface area contributed by atoms with Gasteiger partial charge in [0.05, 0.1) is 0 Å². The Labute approximate surface area is 39.9 Å². The van der Waals surface area contributed by atoms with Crippen LogP contribution in [0.5, 0.6) is 0 Å². The second-order valence-electron chi connectivity index (χ2n) is 0.118. The maximum atomic E-state index is 8.47. The van der Waals surface area contributed by atoms with Crippen molar-refractivity contribution in [3.8, 4) is 0 Å². The molecule has 0 bridgehead atoms. The SMILES string of the molecule is [Au+].[NH-]C=O. The van der Waals surface area contributed by atoms with E-state index in [0.717, 1.165) is 0 Å². The predicted molar refractivity (Wildman–Crippen MR) is 10.4 cm³/mol. The molecule has 2 nitrogen and oxygen atoms in total. The molecule has 0 aliphatic rings. The van der Waals surface area contributed by atoms with Crippen LogP contribution < -0.4 is 0 Å². The minimum atomic E-state index is 0. The number of rotatable bonds is 0. The van der Waals surface area contributed by atoms with Crippen molar-refractivity contribution in [2.24, 2.45) is 0 Å². The van der Waals surface area contributed by atoms with Crippen LogP contribution >= 0.6 is 0 Å². The third-order valence-corrected chi connectivity index (χ3v) is 0. The Bertz CT molecular complexity index is 15.5. The molecule has 0 aromatic carbocycles. The number of carbonyl (C=O) groups is 1. The number of nitrogens with one attached hydrogen (secondary N) is 1. The number of carbonyl (C=O) groups excluding carboxylic acids is 1. The maximum Gasteiger partial charge on any atom is 1.00 e. The molecule has 0 aromatic rings. The van der Waals surface area contributed by atoms with Crippen molar-refractivity contribution in [1.82, 2.24) is 0 Å². The molecule has 0 unspecified atom stereocenters. The molecule has 0 spiro atoms. The molecule has 0 aromatic heterocycles. The van der Waals surface area contributed by atoms with Gasteiger partial charge in [-0.05, 0) is 0 Å². The minimum Gasteiger partial charge on any atom is -0.671 e. The molecular weight excluding hydrogens is 239 g/mol. The zero-order chi connectivity index (χ0) is 2.71. The van der Waals surface area contributed by atoms with Crippen molar-refractivity contribution in [3.63, 3.8) is 0 Å². The van der Waals surface area contributed by atoms with E-state index in [1.165, 1.54) is 0 Å². The van der Waals surface area contributed by atoms with Crippen LogP contribution in [0.15, 0.2) is 0 Å². The zero-order valence-electron chi connectivity index (χ0n) is 1.79. The van der Waals surface area contributed by atoms with E-state index in [1.54, 1.807) is 0 Å². The van der Waals surface area contributed by atoms with E-state index in [2.05, 4.69) is 0 Å². The van der Waals surface area contributed by atoms with E-state index < -0.39 is 0 Å². The minimum absolute atomic E-state index is 0. The summed E-state index contributed by atoms with van der Waals surface area (Å²) in [4.78, 5) is 8.47. The molecule has 0 saturated heterocycles. The first-order valence-electron chi connectivity index (χ1n) is 0.524. The van der Waals surface area contributed by atoms with Crippen LogP contribution in [0.2, 0.25) is 0 Å². The molecular formula is CH2AuNO. The van der Waals surface area contributed by atoms with Crippen molar-refractivity contribution < 1.29 is 27.2 Å². The topological polar surface area (TPSA) is 40.9 Å². The van der Waals surface area contributed by atoms with Crippen LogP contribution in [0, 0.1) is 0 Å². The average Bonchev–Trinajstić information content (AvgIpc) is 0.918. The van der Waals surface area contributed by atoms with Crippen molar-refractivity contribution >= 4 is 6.41 Å². The largest absolute Gasteiger partial charge is 1.00 e. The van der Waals surface area contributed by atoms with E-state index in [9.17, 15) is 0 Å². The average molecular weight is 241 g/mol. The van der Waals surface area contributed by atoms with Gasteiger partial charge in [0.1, 0.15) is 0 Å². The van der Waals surface area contributed by atoms with Gasteiger partial charge in [0.25, 0.3) is 0 Å². The molecule has 0 aliphatic heterocycles. The second-order valence-corrected chi connectivity index (χ2v) is 0.118. The van der Waals surface area contributed by atoms with Crippen LogP contribution in [0.1, 0.15) is 0 Å².